The maximum Gasteiger partial charge on any atom is 0.260 e. The van der Waals surface area contributed by atoms with E-state index < -0.39 is 0 Å². The summed E-state index contributed by atoms with van der Waals surface area (Å²) in [5.41, 5.74) is 12.0. The fourth-order valence-corrected chi connectivity index (χ4v) is 9.18. The van der Waals surface area contributed by atoms with E-state index in [1.54, 1.807) is 0 Å². The molecule has 0 saturated heterocycles. The maximum absolute atomic E-state index is 6.67. The molecule has 0 saturated carbocycles. The predicted molar refractivity (Wildman–Crippen MR) is 244 cm³/mol. The highest BCUT2D eigenvalue weighted by atomic mass is 16.5. The molecule has 59 heavy (non-hydrogen) atoms. The molecule has 0 amide bonds. The molecule has 0 N–H and O–H groups in total. The van der Waals surface area contributed by atoms with Crippen LogP contribution in [0, 0.1) is 0 Å². The topological polar surface area (TPSA) is 49.7 Å². The van der Waals surface area contributed by atoms with Crippen molar-refractivity contribution in [1.82, 2.24) is 0 Å². The molecule has 4 aliphatic rings. The average Bonchev–Trinajstić information content (AvgIpc) is 3.78. The second-order valence-electron chi connectivity index (χ2n) is 17.3. The summed E-state index contributed by atoms with van der Waals surface area (Å²) in [5, 5.41) is 0. The second-order valence-corrected chi connectivity index (χ2v) is 17.3. The Morgan fingerprint density at radius 2 is 0.831 bits per heavy atom. The van der Waals surface area contributed by atoms with E-state index in [1.807, 2.05) is 18.2 Å². The van der Waals surface area contributed by atoms with E-state index in [9.17, 15) is 0 Å². The van der Waals surface area contributed by atoms with E-state index in [-0.39, 0.29) is 17.8 Å². The predicted octanol–water partition coefficient (Wildman–Crippen LogP) is 9.84. The van der Waals surface area contributed by atoms with Crippen LogP contribution in [0.2, 0.25) is 0 Å². The number of hydrogen-bond donors (Lipinski definition) is 0. The first-order valence-corrected chi connectivity index (χ1v) is 20.5. The van der Waals surface area contributed by atoms with Crippen LogP contribution in [0.1, 0.15) is 38.8 Å². The maximum atomic E-state index is 6.67. The van der Waals surface area contributed by atoms with Crippen molar-refractivity contribution in [3.63, 3.8) is 0 Å². The molecule has 0 spiro atoms. The lowest BCUT2D eigenvalue weighted by Crippen LogP contribution is -2.57. The molecule has 0 fully saturated rings. The largest absolute Gasteiger partial charge is 0.458 e. The Morgan fingerprint density at radius 3 is 1.25 bits per heavy atom. The zero-order valence-electron chi connectivity index (χ0n) is 33.7. The second kappa shape index (κ2) is 13.4. The van der Waals surface area contributed by atoms with E-state index in [4.69, 9.17) is 19.5 Å². The Bertz CT molecular complexity index is 2640. The van der Waals surface area contributed by atoms with Gasteiger partial charge in [-0.2, -0.15) is 0 Å². The standard InChI is InChI=1S/C52H43BN4O2/c1-51(2)32-56(49(54-51)36-12-7-5-8-13-36)40-24-18-34(19-25-40)38-22-28-42-46(30-38)58-44-16-11-17-45-48(44)53(42)43-29-23-39(31-47(43)59-45)35-20-26-41(27-21-35)57-33-52(3,4)55-50(57)37-14-9-6-10-15-37/h5-31H,32-33H2,1-4H3. The lowest BCUT2D eigenvalue weighted by atomic mass is 9.35. The fourth-order valence-electron chi connectivity index (χ4n) is 9.18. The molecule has 4 heterocycles. The van der Waals surface area contributed by atoms with E-state index >= 15 is 0 Å². The first-order valence-electron chi connectivity index (χ1n) is 20.5. The Morgan fingerprint density at radius 1 is 0.424 bits per heavy atom. The van der Waals surface area contributed by atoms with Crippen LogP contribution in [0.25, 0.3) is 22.3 Å². The van der Waals surface area contributed by atoms with Crippen LogP contribution in [0.3, 0.4) is 0 Å². The van der Waals surface area contributed by atoms with Gasteiger partial charge in [-0.25, -0.2) is 0 Å². The number of anilines is 2. The van der Waals surface area contributed by atoms with Crippen molar-refractivity contribution >= 4 is 46.1 Å². The molecule has 0 aromatic heterocycles. The van der Waals surface area contributed by atoms with Gasteiger partial charge in [0.1, 0.15) is 34.7 Å². The van der Waals surface area contributed by atoms with Gasteiger partial charge in [0.15, 0.2) is 0 Å². The Hall–Kier alpha value is -6.86. The molecule has 0 bridgehead atoms. The number of hydrogen-bond acceptors (Lipinski definition) is 6. The van der Waals surface area contributed by atoms with Gasteiger partial charge in [0.2, 0.25) is 0 Å². The van der Waals surface area contributed by atoms with Crippen LogP contribution in [0.15, 0.2) is 174 Å². The third-order valence-corrected chi connectivity index (χ3v) is 11.9. The molecule has 4 aliphatic heterocycles. The van der Waals surface area contributed by atoms with E-state index in [1.165, 1.54) is 0 Å². The average molecular weight is 767 g/mol. The molecular formula is C52H43BN4O2. The minimum atomic E-state index is -0.166. The SMILES string of the molecule is CC1(C)CN(c2ccc(-c3ccc4c(c3)Oc3cccc5c3B4c3ccc(-c4ccc(N6CC(C)(C)N=C6c6ccccc6)cc4)cc3O5)cc2)C(c2ccccc2)=N1. The number of ether oxygens (including phenoxy) is 2. The lowest BCUT2D eigenvalue weighted by molar-refractivity contribution is 0.464. The van der Waals surface area contributed by atoms with Gasteiger partial charge >= 0.3 is 0 Å². The smallest absolute Gasteiger partial charge is 0.260 e. The minimum Gasteiger partial charge on any atom is -0.458 e. The molecule has 0 aliphatic carbocycles. The van der Waals surface area contributed by atoms with Gasteiger partial charge in [0, 0.05) is 41.1 Å². The van der Waals surface area contributed by atoms with Crippen molar-refractivity contribution in [3.05, 3.63) is 175 Å². The number of amidine groups is 2. The Balaban J connectivity index is 0.883. The van der Waals surface area contributed by atoms with Gasteiger partial charge in [-0.1, -0.05) is 115 Å². The van der Waals surface area contributed by atoms with Gasteiger partial charge in [0.25, 0.3) is 6.71 Å². The first-order chi connectivity index (χ1) is 28.7. The van der Waals surface area contributed by atoms with Gasteiger partial charge < -0.3 is 19.3 Å². The van der Waals surface area contributed by atoms with E-state index in [0.717, 1.165) is 109 Å². The molecule has 7 heteroatoms. The molecule has 11 rings (SSSR count). The monoisotopic (exact) mass is 766 g/mol. The first kappa shape index (κ1) is 35.3. The van der Waals surface area contributed by atoms with Gasteiger partial charge in [0.05, 0.1) is 11.1 Å². The molecule has 0 unspecified atom stereocenters. The summed E-state index contributed by atoms with van der Waals surface area (Å²) in [4.78, 5) is 14.9. The summed E-state index contributed by atoms with van der Waals surface area (Å²) in [6, 6.07) is 58.0. The van der Waals surface area contributed by atoms with Crippen molar-refractivity contribution in [3.8, 4) is 45.3 Å². The van der Waals surface area contributed by atoms with Crippen LogP contribution in [0.5, 0.6) is 23.0 Å². The highest BCUT2D eigenvalue weighted by Gasteiger charge is 2.40. The number of nitrogens with zero attached hydrogens (tertiary/aromatic N) is 4. The highest BCUT2D eigenvalue weighted by molar-refractivity contribution is 6.98. The van der Waals surface area contributed by atoms with Crippen molar-refractivity contribution in [1.29, 1.82) is 0 Å². The van der Waals surface area contributed by atoms with Gasteiger partial charge in [-0.05, 0) is 109 Å². The molecule has 7 aromatic rings. The Kier molecular flexibility index (Phi) is 7.99. The molecule has 0 radical (unpaired) electrons. The summed E-state index contributed by atoms with van der Waals surface area (Å²) < 4.78 is 13.3. The van der Waals surface area contributed by atoms with Crippen LogP contribution < -0.4 is 35.7 Å². The summed E-state index contributed by atoms with van der Waals surface area (Å²) in [6.07, 6.45) is 0. The number of aliphatic imine (C=N–C) groups is 2. The molecule has 6 nitrogen and oxygen atoms in total. The van der Waals surface area contributed by atoms with Crippen LogP contribution in [-0.2, 0) is 0 Å². The molecule has 286 valence electrons. The normalized spacial score (nSPS) is 16.6. The fraction of sp³-hybridized carbons (Fsp3) is 0.154. The van der Waals surface area contributed by atoms with E-state index in [0.29, 0.717) is 0 Å². The van der Waals surface area contributed by atoms with Crippen LogP contribution in [-0.4, -0.2) is 42.6 Å². The molecule has 0 atom stereocenters. The zero-order chi connectivity index (χ0) is 39.9. The third-order valence-electron chi connectivity index (χ3n) is 11.9. The van der Waals surface area contributed by atoms with Crippen molar-refractivity contribution in [2.24, 2.45) is 9.98 Å². The van der Waals surface area contributed by atoms with Crippen LogP contribution in [0.4, 0.5) is 11.4 Å². The van der Waals surface area contributed by atoms with Crippen LogP contribution >= 0.6 is 0 Å². The Labute approximate surface area is 346 Å². The minimum absolute atomic E-state index is 0.00927. The highest BCUT2D eigenvalue weighted by Crippen LogP contribution is 2.39. The van der Waals surface area contributed by atoms with Crippen molar-refractivity contribution < 1.29 is 9.47 Å². The summed E-state index contributed by atoms with van der Waals surface area (Å²) in [7, 11) is 0. The summed E-state index contributed by atoms with van der Waals surface area (Å²) >= 11 is 0. The van der Waals surface area contributed by atoms with Crippen molar-refractivity contribution in [2.75, 3.05) is 22.9 Å². The van der Waals surface area contributed by atoms with Gasteiger partial charge in [-0.3, -0.25) is 9.98 Å². The number of rotatable bonds is 6. The van der Waals surface area contributed by atoms with Crippen molar-refractivity contribution in [2.45, 2.75) is 38.8 Å². The third kappa shape index (κ3) is 6.20. The number of benzene rings is 7. The lowest BCUT2D eigenvalue weighted by Gasteiger charge is -2.33. The molecular weight excluding hydrogens is 723 g/mol. The number of fused-ring (bicyclic) bond motifs is 4. The quantitative estimate of drug-likeness (QED) is 0.158. The molecule has 7 aromatic carbocycles. The summed E-state index contributed by atoms with van der Waals surface area (Å²) in [5.74, 6) is 5.45. The zero-order valence-corrected chi connectivity index (χ0v) is 33.7. The summed E-state index contributed by atoms with van der Waals surface area (Å²) in [6.45, 7) is 10.4. The van der Waals surface area contributed by atoms with E-state index in [2.05, 4.69) is 183 Å². The van der Waals surface area contributed by atoms with Gasteiger partial charge in [-0.15, -0.1) is 0 Å².